The molecule has 0 bridgehead atoms. The van der Waals surface area contributed by atoms with Gasteiger partial charge in [-0.25, -0.2) is 4.98 Å². The number of aromatic nitrogens is 2. The zero-order valence-electron chi connectivity index (χ0n) is 13.1. The zero-order valence-corrected chi connectivity index (χ0v) is 13.1. The van der Waals surface area contributed by atoms with Gasteiger partial charge in [-0.1, -0.05) is 12.8 Å². The van der Waals surface area contributed by atoms with Gasteiger partial charge < -0.3 is 15.3 Å². The van der Waals surface area contributed by atoms with E-state index in [1.165, 1.54) is 19.3 Å². The molecule has 5 nitrogen and oxygen atoms in total. The van der Waals surface area contributed by atoms with Crippen LogP contribution in [0.5, 0.6) is 0 Å². The van der Waals surface area contributed by atoms with Crippen molar-refractivity contribution in [2.24, 2.45) is 11.3 Å². The second-order valence-corrected chi connectivity index (χ2v) is 6.77. The average Bonchev–Trinajstić information content (AvgIpc) is 3.30. The molecular formula is C16H26N4O. The van der Waals surface area contributed by atoms with E-state index < -0.39 is 0 Å². The molecular weight excluding hydrogens is 264 g/mol. The summed E-state index contributed by atoms with van der Waals surface area (Å²) in [6.45, 7) is 4.23. The molecule has 2 heterocycles. The van der Waals surface area contributed by atoms with Crippen LogP contribution < -0.4 is 10.2 Å². The van der Waals surface area contributed by atoms with Crippen LogP contribution >= 0.6 is 0 Å². The van der Waals surface area contributed by atoms with Gasteiger partial charge in [-0.3, -0.25) is 0 Å². The van der Waals surface area contributed by atoms with Crippen molar-refractivity contribution in [3.63, 3.8) is 0 Å². The van der Waals surface area contributed by atoms with Crippen LogP contribution in [-0.4, -0.2) is 41.8 Å². The van der Waals surface area contributed by atoms with Gasteiger partial charge in [0.2, 0.25) is 5.95 Å². The summed E-state index contributed by atoms with van der Waals surface area (Å²) in [5, 5.41) is 13.0. The summed E-state index contributed by atoms with van der Waals surface area (Å²) in [6, 6.07) is 2.05. The van der Waals surface area contributed by atoms with Crippen molar-refractivity contribution in [2.75, 3.05) is 37.0 Å². The Labute approximate surface area is 126 Å². The van der Waals surface area contributed by atoms with Crippen molar-refractivity contribution < 1.29 is 5.11 Å². The third kappa shape index (κ3) is 3.28. The van der Waals surface area contributed by atoms with Crippen molar-refractivity contribution >= 4 is 11.8 Å². The van der Waals surface area contributed by atoms with Gasteiger partial charge in [0.1, 0.15) is 5.82 Å². The van der Waals surface area contributed by atoms with Crippen LogP contribution in [0.3, 0.4) is 0 Å². The maximum Gasteiger partial charge on any atom is 0.224 e. The van der Waals surface area contributed by atoms with Gasteiger partial charge in [0, 0.05) is 37.3 Å². The van der Waals surface area contributed by atoms with Gasteiger partial charge >= 0.3 is 0 Å². The fourth-order valence-electron chi connectivity index (χ4n) is 3.52. The predicted molar refractivity (Wildman–Crippen MR) is 84.6 cm³/mol. The van der Waals surface area contributed by atoms with E-state index in [9.17, 15) is 5.11 Å². The van der Waals surface area contributed by atoms with Crippen molar-refractivity contribution in [3.05, 3.63) is 11.8 Å². The largest absolute Gasteiger partial charge is 0.396 e. The second kappa shape index (κ2) is 5.79. The molecule has 3 rings (SSSR count). The summed E-state index contributed by atoms with van der Waals surface area (Å²) in [7, 11) is 1.85. The topological polar surface area (TPSA) is 61.3 Å². The first kappa shape index (κ1) is 14.6. The van der Waals surface area contributed by atoms with E-state index in [0.717, 1.165) is 43.4 Å². The molecule has 2 N–H and O–H groups in total. The molecule has 0 aromatic carbocycles. The number of rotatable bonds is 5. The van der Waals surface area contributed by atoms with Crippen LogP contribution in [0.15, 0.2) is 6.07 Å². The lowest BCUT2D eigenvalue weighted by molar-refractivity contribution is 0.0901. The highest BCUT2D eigenvalue weighted by Gasteiger charge is 2.40. The Bertz CT molecular complexity index is 503. The van der Waals surface area contributed by atoms with Crippen molar-refractivity contribution in [2.45, 2.75) is 39.0 Å². The molecule has 1 atom stereocenters. The molecule has 1 aliphatic carbocycles. The van der Waals surface area contributed by atoms with Crippen LogP contribution in [0.1, 0.15) is 37.8 Å². The number of aryl methyl sites for hydroxylation is 1. The predicted octanol–water partition coefficient (Wildman–Crippen LogP) is 2.21. The minimum Gasteiger partial charge on any atom is -0.396 e. The van der Waals surface area contributed by atoms with E-state index in [1.54, 1.807) is 0 Å². The lowest BCUT2D eigenvalue weighted by Gasteiger charge is -2.42. The number of nitrogens with one attached hydrogen (secondary N) is 1. The summed E-state index contributed by atoms with van der Waals surface area (Å²) in [6.07, 6.45) is 6.13. The number of hydrogen-bond donors (Lipinski definition) is 2. The van der Waals surface area contributed by atoms with E-state index >= 15 is 0 Å². The van der Waals surface area contributed by atoms with Gasteiger partial charge in [-0.2, -0.15) is 4.98 Å². The van der Waals surface area contributed by atoms with Gasteiger partial charge in [0.25, 0.3) is 0 Å². The molecule has 0 radical (unpaired) electrons. The lowest BCUT2D eigenvalue weighted by Crippen LogP contribution is -2.46. The normalized spacial score (nSPS) is 26.0. The van der Waals surface area contributed by atoms with Crippen molar-refractivity contribution in [3.8, 4) is 0 Å². The van der Waals surface area contributed by atoms with Crippen LogP contribution in [0.2, 0.25) is 0 Å². The fourth-order valence-corrected chi connectivity index (χ4v) is 3.52. The van der Waals surface area contributed by atoms with Gasteiger partial charge in [0.15, 0.2) is 0 Å². The molecule has 21 heavy (non-hydrogen) atoms. The molecule has 1 unspecified atom stereocenters. The molecule has 2 aliphatic rings. The summed E-state index contributed by atoms with van der Waals surface area (Å²) in [5.74, 6) is 2.50. The Morgan fingerprint density at radius 2 is 2.24 bits per heavy atom. The number of nitrogens with zero attached hydrogens (tertiary/aromatic N) is 3. The third-order valence-electron chi connectivity index (χ3n) is 4.80. The van der Waals surface area contributed by atoms with E-state index in [2.05, 4.69) is 20.2 Å². The van der Waals surface area contributed by atoms with Crippen molar-refractivity contribution in [1.29, 1.82) is 0 Å². The standard InChI is InChI=1S/C16H26N4O/c1-12-8-14(19-15(17-2)18-12)20-7-3-6-16(10-20,11-21)9-13-4-5-13/h8,13,21H,3-7,9-11H2,1-2H3,(H,17,18,19). The Morgan fingerprint density at radius 1 is 1.43 bits per heavy atom. The number of piperidine rings is 1. The smallest absolute Gasteiger partial charge is 0.224 e. The van der Waals surface area contributed by atoms with E-state index in [1.807, 2.05) is 20.0 Å². The molecule has 0 spiro atoms. The van der Waals surface area contributed by atoms with Crippen LogP contribution in [0.25, 0.3) is 0 Å². The first-order chi connectivity index (χ1) is 10.1. The van der Waals surface area contributed by atoms with Gasteiger partial charge in [0.05, 0.1) is 6.61 Å². The minimum atomic E-state index is 0.0675. The number of hydrogen-bond acceptors (Lipinski definition) is 5. The highest BCUT2D eigenvalue weighted by atomic mass is 16.3. The summed E-state index contributed by atoms with van der Waals surface area (Å²) < 4.78 is 0. The van der Waals surface area contributed by atoms with E-state index in [4.69, 9.17) is 0 Å². The summed E-state index contributed by atoms with van der Waals surface area (Å²) in [4.78, 5) is 11.3. The summed E-state index contributed by atoms with van der Waals surface area (Å²) in [5.41, 5.74) is 1.05. The average molecular weight is 290 g/mol. The van der Waals surface area contributed by atoms with E-state index in [-0.39, 0.29) is 5.41 Å². The summed E-state index contributed by atoms with van der Waals surface area (Å²) >= 11 is 0. The molecule has 0 amide bonds. The minimum absolute atomic E-state index is 0.0675. The zero-order chi connectivity index (χ0) is 14.9. The van der Waals surface area contributed by atoms with Gasteiger partial charge in [-0.15, -0.1) is 0 Å². The highest BCUT2D eigenvalue weighted by molar-refractivity contribution is 5.45. The fraction of sp³-hybridized carbons (Fsp3) is 0.750. The Morgan fingerprint density at radius 3 is 2.90 bits per heavy atom. The number of anilines is 2. The molecule has 5 heteroatoms. The molecule has 2 fully saturated rings. The Balaban J connectivity index is 1.79. The molecule has 1 saturated carbocycles. The molecule has 116 valence electrons. The Kier molecular flexibility index (Phi) is 4.02. The second-order valence-electron chi connectivity index (χ2n) is 6.77. The maximum atomic E-state index is 9.97. The lowest BCUT2D eigenvalue weighted by atomic mass is 9.76. The maximum absolute atomic E-state index is 9.97. The molecule has 1 aromatic heterocycles. The Hall–Kier alpha value is -1.36. The molecule has 1 aliphatic heterocycles. The quantitative estimate of drug-likeness (QED) is 0.870. The highest BCUT2D eigenvalue weighted by Crippen LogP contribution is 2.44. The molecule has 1 saturated heterocycles. The van der Waals surface area contributed by atoms with Crippen LogP contribution in [-0.2, 0) is 0 Å². The first-order valence-electron chi connectivity index (χ1n) is 8.03. The number of aliphatic hydroxyl groups is 1. The van der Waals surface area contributed by atoms with Crippen molar-refractivity contribution in [1.82, 2.24) is 9.97 Å². The number of aliphatic hydroxyl groups excluding tert-OH is 1. The monoisotopic (exact) mass is 290 g/mol. The van der Waals surface area contributed by atoms with Gasteiger partial charge in [-0.05, 0) is 32.1 Å². The SMILES string of the molecule is CNc1nc(C)cc(N2CCCC(CO)(CC3CC3)C2)n1. The molecule has 1 aromatic rings. The van der Waals surface area contributed by atoms with E-state index in [0.29, 0.717) is 12.6 Å². The first-order valence-corrected chi connectivity index (χ1v) is 8.03. The third-order valence-corrected chi connectivity index (χ3v) is 4.80. The van der Waals surface area contributed by atoms with Crippen LogP contribution in [0.4, 0.5) is 11.8 Å². The van der Waals surface area contributed by atoms with Crippen LogP contribution in [0, 0.1) is 18.3 Å².